The monoisotopic (exact) mass is 240 g/mol. The van der Waals surface area contributed by atoms with Gasteiger partial charge in [-0.05, 0) is 30.5 Å². The first-order valence-corrected chi connectivity index (χ1v) is 6.96. The standard InChI is InChI=1S/C11H16N2O2S/c1-9-4-2-5-11(10(9)8-12)13-6-3-7-16(13,14)15/h2,4-5H,3,6-8,12H2,1H3. The van der Waals surface area contributed by atoms with E-state index in [1.807, 2.05) is 25.1 Å². The highest BCUT2D eigenvalue weighted by Crippen LogP contribution is 2.29. The lowest BCUT2D eigenvalue weighted by molar-refractivity contribution is 0.599. The second-order valence-electron chi connectivity index (χ2n) is 4.02. The third-order valence-corrected chi connectivity index (χ3v) is 4.81. The maximum atomic E-state index is 11.8. The molecule has 0 bridgehead atoms. The molecule has 5 heteroatoms. The van der Waals surface area contributed by atoms with Crippen LogP contribution >= 0.6 is 0 Å². The molecular weight excluding hydrogens is 224 g/mol. The summed E-state index contributed by atoms with van der Waals surface area (Å²) < 4.78 is 25.1. The third kappa shape index (κ3) is 1.81. The van der Waals surface area contributed by atoms with Crippen LogP contribution in [0.2, 0.25) is 0 Å². The van der Waals surface area contributed by atoms with Crippen LogP contribution in [0.5, 0.6) is 0 Å². The van der Waals surface area contributed by atoms with E-state index >= 15 is 0 Å². The highest BCUT2D eigenvalue weighted by molar-refractivity contribution is 7.93. The lowest BCUT2D eigenvalue weighted by Gasteiger charge is -2.21. The molecular formula is C11H16N2O2S. The largest absolute Gasteiger partial charge is 0.326 e. The van der Waals surface area contributed by atoms with Crippen LogP contribution in [0, 0.1) is 6.92 Å². The van der Waals surface area contributed by atoms with Crippen LogP contribution in [0.25, 0.3) is 0 Å². The first kappa shape index (κ1) is 11.4. The van der Waals surface area contributed by atoms with Gasteiger partial charge in [-0.25, -0.2) is 8.42 Å². The Morgan fingerprint density at radius 3 is 2.75 bits per heavy atom. The quantitative estimate of drug-likeness (QED) is 0.838. The summed E-state index contributed by atoms with van der Waals surface area (Å²) in [4.78, 5) is 0. The summed E-state index contributed by atoms with van der Waals surface area (Å²) in [7, 11) is -3.11. The Balaban J connectivity index is 2.52. The van der Waals surface area contributed by atoms with Crippen molar-refractivity contribution >= 4 is 15.7 Å². The number of benzene rings is 1. The molecule has 0 spiro atoms. The summed E-state index contributed by atoms with van der Waals surface area (Å²) in [5, 5.41) is 0. The molecule has 1 aliphatic heterocycles. The minimum absolute atomic E-state index is 0.241. The molecule has 0 aromatic heterocycles. The van der Waals surface area contributed by atoms with Crippen molar-refractivity contribution in [1.82, 2.24) is 0 Å². The van der Waals surface area contributed by atoms with Crippen LogP contribution in [0.3, 0.4) is 0 Å². The van der Waals surface area contributed by atoms with Gasteiger partial charge in [0.25, 0.3) is 0 Å². The van der Waals surface area contributed by atoms with Crippen LogP contribution in [-0.2, 0) is 16.6 Å². The van der Waals surface area contributed by atoms with E-state index in [4.69, 9.17) is 5.73 Å². The number of anilines is 1. The minimum Gasteiger partial charge on any atom is -0.326 e. The Kier molecular flexibility index (Phi) is 2.90. The van der Waals surface area contributed by atoms with Crippen LogP contribution in [0.1, 0.15) is 17.5 Å². The van der Waals surface area contributed by atoms with E-state index in [1.54, 1.807) is 0 Å². The molecule has 1 heterocycles. The SMILES string of the molecule is Cc1cccc(N2CCCS2(=O)=O)c1CN. The van der Waals surface area contributed by atoms with Crippen molar-refractivity contribution in [3.63, 3.8) is 0 Å². The first-order chi connectivity index (χ1) is 7.56. The van der Waals surface area contributed by atoms with E-state index in [0.29, 0.717) is 19.5 Å². The van der Waals surface area contributed by atoms with Gasteiger partial charge in [-0.15, -0.1) is 0 Å². The van der Waals surface area contributed by atoms with E-state index in [2.05, 4.69) is 0 Å². The first-order valence-electron chi connectivity index (χ1n) is 5.35. The number of rotatable bonds is 2. The van der Waals surface area contributed by atoms with Gasteiger partial charge >= 0.3 is 0 Å². The number of sulfonamides is 1. The van der Waals surface area contributed by atoms with E-state index in [1.165, 1.54) is 4.31 Å². The molecule has 1 aromatic rings. The zero-order valence-electron chi connectivity index (χ0n) is 9.31. The molecule has 0 aliphatic carbocycles. The van der Waals surface area contributed by atoms with Gasteiger partial charge in [0.15, 0.2) is 0 Å². The van der Waals surface area contributed by atoms with E-state index in [0.717, 1.165) is 16.8 Å². The van der Waals surface area contributed by atoms with Crippen molar-refractivity contribution in [2.24, 2.45) is 5.73 Å². The summed E-state index contributed by atoms with van der Waals surface area (Å²) in [5.74, 6) is 0.241. The molecule has 0 atom stereocenters. The molecule has 1 aromatic carbocycles. The predicted molar refractivity (Wildman–Crippen MR) is 64.8 cm³/mol. The zero-order valence-corrected chi connectivity index (χ0v) is 10.1. The second kappa shape index (κ2) is 4.07. The molecule has 0 amide bonds. The summed E-state index contributed by atoms with van der Waals surface area (Å²) in [6, 6.07) is 5.66. The van der Waals surface area contributed by atoms with Crippen LogP contribution in [0.4, 0.5) is 5.69 Å². The average Bonchev–Trinajstić information content (AvgIpc) is 2.57. The molecule has 1 saturated heterocycles. The van der Waals surface area contributed by atoms with Gasteiger partial charge in [-0.1, -0.05) is 12.1 Å². The normalized spacial score (nSPS) is 19.0. The number of nitrogens with zero attached hydrogens (tertiary/aromatic N) is 1. The Bertz CT molecular complexity index is 497. The molecule has 2 rings (SSSR count). The molecule has 4 nitrogen and oxygen atoms in total. The van der Waals surface area contributed by atoms with Gasteiger partial charge in [0.2, 0.25) is 10.0 Å². The summed E-state index contributed by atoms with van der Waals surface area (Å²) in [5.41, 5.74) is 8.40. The third-order valence-electron chi connectivity index (χ3n) is 2.96. The Hall–Kier alpha value is -1.07. The molecule has 88 valence electrons. The molecule has 1 aliphatic rings. The maximum Gasteiger partial charge on any atom is 0.235 e. The van der Waals surface area contributed by atoms with Gasteiger partial charge < -0.3 is 5.73 Å². The molecule has 1 fully saturated rings. The van der Waals surface area contributed by atoms with Gasteiger partial charge in [0.1, 0.15) is 0 Å². The number of hydrogen-bond donors (Lipinski definition) is 1. The lowest BCUT2D eigenvalue weighted by Crippen LogP contribution is -2.26. The summed E-state index contributed by atoms with van der Waals surface area (Å²) in [6.45, 7) is 2.89. The summed E-state index contributed by atoms with van der Waals surface area (Å²) >= 11 is 0. The topological polar surface area (TPSA) is 63.4 Å². The minimum atomic E-state index is -3.11. The number of nitrogens with two attached hydrogens (primary N) is 1. The van der Waals surface area contributed by atoms with E-state index in [-0.39, 0.29) is 5.75 Å². The fourth-order valence-corrected chi connectivity index (χ4v) is 3.69. The lowest BCUT2D eigenvalue weighted by atomic mass is 10.1. The molecule has 0 unspecified atom stereocenters. The fourth-order valence-electron chi connectivity index (χ4n) is 2.10. The van der Waals surface area contributed by atoms with Crippen LogP contribution in [0.15, 0.2) is 18.2 Å². The molecule has 0 saturated carbocycles. The van der Waals surface area contributed by atoms with E-state index in [9.17, 15) is 8.42 Å². The van der Waals surface area contributed by atoms with Crippen molar-refractivity contribution < 1.29 is 8.42 Å². The molecule has 16 heavy (non-hydrogen) atoms. The van der Waals surface area contributed by atoms with Crippen LogP contribution < -0.4 is 10.0 Å². The van der Waals surface area contributed by atoms with Crippen molar-refractivity contribution in [3.8, 4) is 0 Å². The maximum absolute atomic E-state index is 11.8. The molecule has 2 N–H and O–H groups in total. The van der Waals surface area contributed by atoms with Gasteiger partial charge in [-0.2, -0.15) is 0 Å². The highest BCUT2D eigenvalue weighted by atomic mass is 32.2. The van der Waals surface area contributed by atoms with Gasteiger partial charge in [-0.3, -0.25) is 4.31 Å². The second-order valence-corrected chi connectivity index (χ2v) is 6.03. The highest BCUT2D eigenvalue weighted by Gasteiger charge is 2.29. The van der Waals surface area contributed by atoms with Crippen LogP contribution in [-0.4, -0.2) is 20.7 Å². The predicted octanol–water partition coefficient (Wildman–Crippen LogP) is 0.994. The van der Waals surface area contributed by atoms with Gasteiger partial charge in [0.05, 0.1) is 11.4 Å². The fraction of sp³-hybridized carbons (Fsp3) is 0.455. The Morgan fingerprint density at radius 2 is 2.19 bits per heavy atom. The summed E-state index contributed by atoms with van der Waals surface area (Å²) in [6.07, 6.45) is 0.695. The van der Waals surface area contributed by atoms with Crippen molar-refractivity contribution in [1.29, 1.82) is 0 Å². The Morgan fingerprint density at radius 1 is 1.44 bits per heavy atom. The number of hydrogen-bond acceptors (Lipinski definition) is 3. The van der Waals surface area contributed by atoms with Crippen molar-refractivity contribution in [2.75, 3.05) is 16.6 Å². The van der Waals surface area contributed by atoms with Crippen molar-refractivity contribution in [3.05, 3.63) is 29.3 Å². The average molecular weight is 240 g/mol. The smallest absolute Gasteiger partial charge is 0.235 e. The van der Waals surface area contributed by atoms with E-state index < -0.39 is 10.0 Å². The Labute approximate surface area is 96.1 Å². The zero-order chi connectivity index (χ0) is 11.8. The van der Waals surface area contributed by atoms with Crippen molar-refractivity contribution in [2.45, 2.75) is 19.9 Å². The molecule has 0 radical (unpaired) electrons. The number of aryl methyl sites for hydroxylation is 1. The van der Waals surface area contributed by atoms with Gasteiger partial charge in [0, 0.05) is 13.1 Å².